The molecule has 0 amide bonds. The number of halogens is 2. The molecular formula is C10H6Cl2N2. The quantitative estimate of drug-likeness (QED) is 0.742. The second kappa shape index (κ2) is 3.95. The molecule has 2 rings (SSSR count). The number of nitrogens with zero attached hydrogens (tertiary/aromatic N) is 2. The van der Waals surface area contributed by atoms with E-state index in [4.69, 9.17) is 23.2 Å². The fourth-order valence-corrected chi connectivity index (χ4v) is 1.60. The Labute approximate surface area is 91.5 Å². The Kier molecular flexibility index (Phi) is 2.66. The second-order valence-electron chi connectivity index (χ2n) is 2.70. The van der Waals surface area contributed by atoms with Crippen molar-refractivity contribution >= 4 is 23.2 Å². The number of rotatable bonds is 1. The predicted molar refractivity (Wildman–Crippen MR) is 57.5 cm³/mol. The number of hydrogen-bond acceptors (Lipinski definition) is 2. The van der Waals surface area contributed by atoms with E-state index < -0.39 is 0 Å². The molecule has 0 radical (unpaired) electrons. The molecule has 0 aliphatic rings. The van der Waals surface area contributed by atoms with E-state index in [-0.39, 0.29) is 0 Å². The first-order chi connectivity index (χ1) is 6.79. The standard InChI is InChI=1S/C10H6Cl2N2/c11-8-4-2-1-3-7(8)10-9(12)5-13-6-14-10/h1-6H. The van der Waals surface area contributed by atoms with Gasteiger partial charge in [-0.15, -0.1) is 0 Å². The summed E-state index contributed by atoms with van der Waals surface area (Å²) >= 11 is 12.0. The lowest BCUT2D eigenvalue weighted by Crippen LogP contribution is -1.86. The van der Waals surface area contributed by atoms with Gasteiger partial charge in [0.25, 0.3) is 0 Å². The molecule has 0 spiro atoms. The molecule has 70 valence electrons. The summed E-state index contributed by atoms with van der Waals surface area (Å²) in [7, 11) is 0. The van der Waals surface area contributed by atoms with Crippen molar-refractivity contribution in [3.05, 3.63) is 46.8 Å². The van der Waals surface area contributed by atoms with Gasteiger partial charge in [0.05, 0.1) is 15.7 Å². The Hall–Kier alpha value is -1.12. The van der Waals surface area contributed by atoms with Crippen molar-refractivity contribution in [2.75, 3.05) is 0 Å². The van der Waals surface area contributed by atoms with Crippen LogP contribution >= 0.6 is 23.2 Å². The van der Waals surface area contributed by atoms with Gasteiger partial charge in [0.15, 0.2) is 0 Å². The molecule has 0 fully saturated rings. The Morgan fingerprint density at radius 3 is 2.50 bits per heavy atom. The summed E-state index contributed by atoms with van der Waals surface area (Å²) in [5.74, 6) is 0. The Balaban J connectivity index is 2.61. The van der Waals surface area contributed by atoms with Crippen LogP contribution < -0.4 is 0 Å². The monoisotopic (exact) mass is 224 g/mol. The van der Waals surface area contributed by atoms with Crippen LogP contribution in [-0.2, 0) is 0 Å². The summed E-state index contributed by atoms with van der Waals surface area (Å²) in [4.78, 5) is 7.90. The van der Waals surface area contributed by atoms with E-state index in [0.717, 1.165) is 5.56 Å². The van der Waals surface area contributed by atoms with Gasteiger partial charge in [-0.05, 0) is 6.07 Å². The first-order valence-corrected chi connectivity index (χ1v) is 4.75. The minimum absolute atomic E-state index is 0.501. The largest absolute Gasteiger partial charge is 0.243 e. The first-order valence-electron chi connectivity index (χ1n) is 3.99. The smallest absolute Gasteiger partial charge is 0.116 e. The van der Waals surface area contributed by atoms with Crippen LogP contribution in [0.2, 0.25) is 10.0 Å². The van der Waals surface area contributed by atoms with E-state index in [9.17, 15) is 0 Å². The normalized spacial score (nSPS) is 10.1. The molecular weight excluding hydrogens is 219 g/mol. The molecule has 0 saturated carbocycles. The molecule has 1 heterocycles. The fraction of sp³-hybridized carbons (Fsp3) is 0. The lowest BCUT2D eigenvalue weighted by molar-refractivity contribution is 1.17. The van der Waals surface area contributed by atoms with Gasteiger partial charge in [0, 0.05) is 11.8 Å². The molecule has 0 aliphatic carbocycles. The minimum Gasteiger partial charge on any atom is -0.243 e. The zero-order chi connectivity index (χ0) is 9.97. The van der Waals surface area contributed by atoms with Gasteiger partial charge in [0.1, 0.15) is 6.33 Å². The number of hydrogen-bond donors (Lipinski definition) is 0. The van der Waals surface area contributed by atoms with Crippen molar-refractivity contribution in [3.63, 3.8) is 0 Å². The van der Waals surface area contributed by atoms with Gasteiger partial charge in [-0.25, -0.2) is 9.97 Å². The van der Waals surface area contributed by atoms with E-state index >= 15 is 0 Å². The summed E-state index contributed by atoms with van der Waals surface area (Å²) in [5, 5.41) is 1.13. The summed E-state index contributed by atoms with van der Waals surface area (Å²) in [6.07, 6.45) is 3.00. The summed E-state index contributed by atoms with van der Waals surface area (Å²) in [5.41, 5.74) is 1.48. The minimum atomic E-state index is 0.501. The molecule has 0 N–H and O–H groups in total. The Morgan fingerprint density at radius 2 is 1.79 bits per heavy atom. The maximum atomic E-state index is 6.01. The van der Waals surface area contributed by atoms with Crippen LogP contribution in [0.25, 0.3) is 11.3 Å². The van der Waals surface area contributed by atoms with E-state index in [1.807, 2.05) is 18.2 Å². The highest BCUT2D eigenvalue weighted by molar-refractivity contribution is 6.36. The predicted octanol–water partition coefficient (Wildman–Crippen LogP) is 3.45. The number of aromatic nitrogens is 2. The van der Waals surface area contributed by atoms with Crippen LogP contribution in [0.4, 0.5) is 0 Å². The lowest BCUT2D eigenvalue weighted by Gasteiger charge is -2.03. The van der Waals surface area contributed by atoms with Crippen molar-refractivity contribution < 1.29 is 0 Å². The van der Waals surface area contributed by atoms with Gasteiger partial charge in [0.2, 0.25) is 0 Å². The topological polar surface area (TPSA) is 25.8 Å². The third-order valence-electron chi connectivity index (χ3n) is 1.80. The van der Waals surface area contributed by atoms with Crippen LogP contribution in [0.3, 0.4) is 0 Å². The highest BCUT2D eigenvalue weighted by Gasteiger charge is 2.07. The molecule has 2 aromatic rings. The SMILES string of the molecule is Clc1ccccc1-c1ncncc1Cl. The highest BCUT2D eigenvalue weighted by Crippen LogP contribution is 2.30. The van der Waals surface area contributed by atoms with Gasteiger partial charge in [-0.1, -0.05) is 41.4 Å². The van der Waals surface area contributed by atoms with E-state index in [0.29, 0.717) is 15.7 Å². The third kappa shape index (κ3) is 1.72. The molecule has 0 aliphatic heterocycles. The summed E-state index contributed by atoms with van der Waals surface area (Å²) < 4.78 is 0. The van der Waals surface area contributed by atoms with Crippen LogP contribution in [-0.4, -0.2) is 9.97 Å². The fourth-order valence-electron chi connectivity index (χ4n) is 1.16. The molecule has 0 bridgehead atoms. The van der Waals surface area contributed by atoms with Crippen LogP contribution in [0.5, 0.6) is 0 Å². The molecule has 0 unspecified atom stereocenters. The third-order valence-corrected chi connectivity index (χ3v) is 2.40. The van der Waals surface area contributed by atoms with Crippen LogP contribution in [0.15, 0.2) is 36.8 Å². The zero-order valence-corrected chi connectivity index (χ0v) is 8.63. The molecule has 4 heteroatoms. The average molecular weight is 225 g/mol. The molecule has 1 aromatic carbocycles. The van der Waals surface area contributed by atoms with Crippen molar-refractivity contribution in [1.29, 1.82) is 0 Å². The van der Waals surface area contributed by atoms with Gasteiger partial charge >= 0.3 is 0 Å². The summed E-state index contributed by atoms with van der Waals surface area (Å²) in [6, 6.07) is 7.42. The van der Waals surface area contributed by atoms with E-state index in [2.05, 4.69) is 9.97 Å². The molecule has 14 heavy (non-hydrogen) atoms. The van der Waals surface area contributed by atoms with Crippen LogP contribution in [0.1, 0.15) is 0 Å². The van der Waals surface area contributed by atoms with E-state index in [1.165, 1.54) is 6.33 Å². The van der Waals surface area contributed by atoms with Crippen molar-refractivity contribution in [3.8, 4) is 11.3 Å². The molecule has 0 atom stereocenters. The van der Waals surface area contributed by atoms with Gasteiger partial charge < -0.3 is 0 Å². The Morgan fingerprint density at radius 1 is 1.00 bits per heavy atom. The molecule has 0 saturated heterocycles. The maximum Gasteiger partial charge on any atom is 0.116 e. The maximum absolute atomic E-state index is 6.01. The number of benzene rings is 1. The highest BCUT2D eigenvalue weighted by atomic mass is 35.5. The lowest BCUT2D eigenvalue weighted by atomic mass is 10.1. The zero-order valence-electron chi connectivity index (χ0n) is 7.11. The summed E-state index contributed by atoms with van der Waals surface area (Å²) in [6.45, 7) is 0. The average Bonchev–Trinajstić information content (AvgIpc) is 2.20. The Bertz CT molecular complexity index is 414. The first kappa shape index (κ1) is 9.44. The van der Waals surface area contributed by atoms with Crippen molar-refractivity contribution in [2.45, 2.75) is 0 Å². The van der Waals surface area contributed by atoms with Crippen molar-refractivity contribution in [2.24, 2.45) is 0 Å². The molecule has 1 aromatic heterocycles. The molecule has 2 nitrogen and oxygen atoms in total. The van der Waals surface area contributed by atoms with Crippen LogP contribution in [0, 0.1) is 0 Å². The van der Waals surface area contributed by atoms with Gasteiger partial charge in [-0.2, -0.15) is 0 Å². The second-order valence-corrected chi connectivity index (χ2v) is 3.51. The van der Waals surface area contributed by atoms with E-state index in [1.54, 1.807) is 12.3 Å². The van der Waals surface area contributed by atoms with Crippen molar-refractivity contribution in [1.82, 2.24) is 9.97 Å². The van der Waals surface area contributed by atoms with Gasteiger partial charge in [-0.3, -0.25) is 0 Å².